The van der Waals surface area contributed by atoms with Crippen LogP contribution in [0.5, 0.6) is 5.75 Å². The maximum atomic E-state index is 12.8. The molecule has 3 rings (SSSR count). The van der Waals surface area contributed by atoms with Crippen LogP contribution < -0.4 is 10.1 Å². The van der Waals surface area contributed by atoms with Gasteiger partial charge in [0.25, 0.3) is 0 Å². The first-order valence-corrected chi connectivity index (χ1v) is 13.0. The molecule has 1 atom stereocenters. The molecule has 0 fully saturated rings. The van der Waals surface area contributed by atoms with Crippen LogP contribution in [0.25, 0.3) is 0 Å². The van der Waals surface area contributed by atoms with Crippen LogP contribution in [0.1, 0.15) is 50.0 Å². The molecule has 1 unspecified atom stereocenters. The molecule has 1 N–H and O–H groups in total. The summed E-state index contributed by atoms with van der Waals surface area (Å²) in [5.74, 6) is -0.384. The number of allylic oxidation sites excluding steroid dienone is 1. The van der Waals surface area contributed by atoms with E-state index in [0.717, 1.165) is 16.9 Å². The second kappa shape index (κ2) is 12.5. The number of rotatable bonds is 11. The standard InChI is InChI=1S/C25H28N4O6S2/c1-7-12-29-21(16(4)35-17-10-8-14(2)9-11-17)27-28-25(29)36-13-18(30)26-22-19(23(31)33-5)15(3)20(37-22)24(32)34-6/h7-11,16H,1,12-13H2,2-6H3,(H,26,30). The number of ether oxygens (including phenoxy) is 3. The number of carbonyl (C=O) groups is 3. The Morgan fingerprint density at radius 2 is 1.81 bits per heavy atom. The summed E-state index contributed by atoms with van der Waals surface area (Å²) in [4.78, 5) is 37.4. The van der Waals surface area contributed by atoms with Gasteiger partial charge in [-0.2, -0.15) is 0 Å². The molecule has 0 aliphatic heterocycles. The first-order chi connectivity index (χ1) is 17.7. The summed E-state index contributed by atoms with van der Waals surface area (Å²) in [6.45, 7) is 9.69. The van der Waals surface area contributed by atoms with E-state index in [0.29, 0.717) is 28.8 Å². The molecule has 12 heteroatoms. The smallest absolute Gasteiger partial charge is 0.348 e. The van der Waals surface area contributed by atoms with Gasteiger partial charge in [0, 0.05) is 6.54 Å². The Morgan fingerprint density at radius 1 is 1.14 bits per heavy atom. The van der Waals surface area contributed by atoms with E-state index in [-0.39, 0.29) is 21.2 Å². The number of hydrogen-bond acceptors (Lipinski definition) is 10. The molecule has 0 aliphatic carbocycles. The van der Waals surface area contributed by atoms with E-state index in [1.807, 2.05) is 42.7 Å². The van der Waals surface area contributed by atoms with Crippen LogP contribution >= 0.6 is 23.1 Å². The Bertz CT molecular complexity index is 1300. The Labute approximate surface area is 223 Å². The molecule has 37 heavy (non-hydrogen) atoms. The van der Waals surface area contributed by atoms with Gasteiger partial charge in [-0.25, -0.2) is 9.59 Å². The second-order valence-electron chi connectivity index (χ2n) is 7.89. The monoisotopic (exact) mass is 544 g/mol. The van der Waals surface area contributed by atoms with Crippen molar-refractivity contribution in [3.05, 3.63) is 64.3 Å². The molecule has 2 heterocycles. The van der Waals surface area contributed by atoms with Crippen molar-refractivity contribution in [3.8, 4) is 5.75 Å². The van der Waals surface area contributed by atoms with Gasteiger partial charge in [-0.1, -0.05) is 35.5 Å². The number of hydrogen-bond donors (Lipinski definition) is 1. The van der Waals surface area contributed by atoms with Crippen molar-refractivity contribution in [2.24, 2.45) is 0 Å². The molecule has 0 aliphatic rings. The first kappa shape index (κ1) is 27.9. The first-order valence-electron chi connectivity index (χ1n) is 11.2. The zero-order chi connectivity index (χ0) is 27.1. The number of esters is 2. The topological polar surface area (TPSA) is 122 Å². The summed E-state index contributed by atoms with van der Waals surface area (Å²) in [5.41, 5.74) is 1.62. The normalized spacial score (nSPS) is 11.5. The Kier molecular flexibility index (Phi) is 9.48. The number of benzene rings is 1. The van der Waals surface area contributed by atoms with Gasteiger partial charge in [-0.15, -0.1) is 28.1 Å². The molecule has 0 saturated carbocycles. The second-order valence-corrected chi connectivity index (χ2v) is 9.86. The molecule has 0 radical (unpaired) electrons. The largest absolute Gasteiger partial charge is 0.483 e. The van der Waals surface area contributed by atoms with Crippen LogP contribution in [0.15, 0.2) is 42.1 Å². The molecule has 1 amide bonds. The molecule has 0 spiro atoms. The number of thioether (sulfide) groups is 1. The van der Waals surface area contributed by atoms with E-state index < -0.39 is 23.9 Å². The van der Waals surface area contributed by atoms with Gasteiger partial charge >= 0.3 is 11.9 Å². The molecular weight excluding hydrogens is 516 g/mol. The predicted molar refractivity (Wildman–Crippen MR) is 142 cm³/mol. The molecule has 0 saturated heterocycles. The van der Waals surface area contributed by atoms with Crippen LogP contribution in [0, 0.1) is 13.8 Å². The highest BCUT2D eigenvalue weighted by atomic mass is 32.2. The predicted octanol–water partition coefficient (Wildman–Crippen LogP) is 4.59. The molecule has 1 aromatic carbocycles. The van der Waals surface area contributed by atoms with Gasteiger partial charge in [0.15, 0.2) is 17.1 Å². The third-order valence-electron chi connectivity index (χ3n) is 5.25. The Hall–Kier alpha value is -3.64. The highest BCUT2D eigenvalue weighted by Gasteiger charge is 2.27. The summed E-state index contributed by atoms with van der Waals surface area (Å²) in [7, 11) is 2.47. The zero-order valence-corrected chi connectivity index (χ0v) is 22.8. The van der Waals surface area contributed by atoms with E-state index in [1.54, 1.807) is 13.0 Å². The van der Waals surface area contributed by atoms with Crippen molar-refractivity contribution in [2.75, 3.05) is 25.3 Å². The van der Waals surface area contributed by atoms with E-state index in [2.05, 4.69) is 22.1 Å². The van der Waals surface area contributed by atoms with Crippen molar-refractivity contribution in [3.63, 3.8) is 0 Å². The fourth-order valence-corrected chi connectivity index (χ4v) is 5.30. The minimum Gasteiger partial charge on any atom is -0.483 e. The van der Waals surface area contributed by atoms with Gasteiger partial charge in [0.2, 0.25) is 5.91 Å². The van der Waals surface area contributed by atoms with Crippen molar-refractivity contribution in [1.82, 2.24) is 14.8 Å². The number of methoxy groups -OCH3 is 2. The van der Waals surface area contributed by atoms with E-state index in [9.17, 15) is 14.4 Å². The van der Waals surface area contributed by atoms with E-state index in [4.69, 9.17) is 14.2 Å². The van der Waals surface area contributed by atoms with E-state index >= 15 is 0 Å². The number of aryl methyl sites for hydroxylation is 1. The number of thiophene rings is 1. The molecule has 10 nitrogen and oxygen atoms in total. The Morgan fingerprint density at radius 3 is 2.43 bits per heavy atom. The average Bonchev–Trinajstić information content (AvgIpc) is 3.43. The maximum absolute atomic E-state index is 12.8. The average molecular weight is 545 g/mol. The highest BCUT2D eigenvalue weighted by molar-refractivity contribution is 7.99. The summed E-state index contributed by atoms with van der Waals surface area (Å²) >= 11 is 2.13. The lowest BCUT2D eigenvalue weighted by atomic mass is 10.1. The Balaban J connectivity index is 1.74. The fourth-order valence-electron chi connectivity index (χ4n) is 3.41. The van der Waals surface area contributed by atoms with Gasteiger partial charge in [0.1, 0.15) is 15.6 Å². The molecule has 196 valence electrons. The maximum Gasteiger partial charge on any atom is 0.348 e. The van der Waals surface area contributed by atoms with Gasteiger partial charge < -0.3 is 19.5 Å². The van der Waals surface area contributed by atoms with Crippen LogP contribution in [0.2, 0.25) is 0 Å². The minimum atomic E-state index is -0.662. The SMILES string of the molecule is C=CCn1c(SCC(=O)Nc2sc(C(=O)OC)c(C)c2C(=O)OC)nnc1C(C)Oc1ccc(C)cc1. The number of aromatic nitrogens is 3. The van der Waals surface area contributed by atoms with E-state index in [1.165, 1.54) is 26.0 Å². The van der Waals surface area contributed by atoms with Gasteiger partial charge in [-0.3, -0.25) is 9.36 Å². The molecular formula is C25H28N4O6S2. The summed E-state index contributed by atoms with van der Waals surface area (Å²) in [6.07, 6.45) is 1.31. The van der Waals surface area contributed by atoms with Crippen LogP contribution in [0.3, 0.4) is 0 Å². The molecule has 2 aromatic heterocycles. The quantitative estimate of drug-likeness (QED) is 0.210. The third kappa shape index (κ3) is 6.57. The van der Waals surface area contributed by atoms with Crippen molar-refractivity contribution >= 4 is 45.9 Å². The van der Waals surface area contributed by atoms with Gasteiger partial charge in [0.05, 0.1) is 25.5 Å². The summed E-state index contributed by atoms with van der Waals surface area (Å²) in [5, 5.41) is 11.9. The van der Waals surface area contributed by atoms with Crippen molar-refractivity contribution in [2.45, 2.75) is 38.6 Å². The fraction of sp³-hybridized carbons (Fsp3) is 0.320. The number of carbonyl (C=O) groups excluding carboxylic acids is 3. The van der Waals surface area contributed by atoms with Crippen LogP contribution in [0.4, 0.5) is 5.00 Å². The number of nitrogens with zero attached hydrogens (tertiary/aromatic N) is 3. The van der Waals surface area contributed by atoms with Crippen molar-refractivity contribution < 1.29 is 28.6 Å². The van der Waals surface area contributed by atoms with Crippen LogP contribution in [-0.4, -0.2) is 52.6 Å². The number of amides is 1. The summed E-state index contributed by atoms with van der Waals surface area (Å²) in [6, 6.07) is 7.71. The zero-order valence-electron chi connectivity index (χ0n) is 21.2. The molecule has 0 bridgehead atoms. The lowest BCUT2D eigenvalue weighted by Crippen LogP contribution is -2.17. The third-order valence-corrected chi connectivity index (χ3v) is 7.40. The number of anilines is 1. The lowest BCUT2D eigenvalue weighted by molar-refractivity contribution is -0.113. The van der Waals surface area contributed by atoms with Crippen molar-refractivity contribution in [1.29, 1.82) is 0 Å². The number of nitrogens with one attached hydrogen (secondary N) is 1. The molecule has 3 aromatic rings. The van der Waals surface area contributed by atoms with Crippen LogP contribution in [-0.2, 0) is 20.8 Å². The highest BCUT2D eigenvalue weighted by Crippen LogP contribution is 2.34. The van der Waals surface area contributed by atoms with Gasteiger partial charge in [-0.05, 0) is 38.5 Å². The lowest BCUT2D eigenvalue weighted by Gasteiger charge is -2.16. The summed E-state index contributed by atoms with van der Waals surface area (Å²) < 4.78 is 17.5. The minimum absolute atomic E-state index is 0.0202.